The van der Waals surface area contributed by atoms with E-state index >= 15 is 0 Å². The third-order valence-corrected chi connectivity index (χ3v) is 3.43. The van der Waals surface area contributed by atoms with Gasteiger partial charge in [0.2, 0.25) is 0 Å². The summed E-state index contributed by atoms with van der Waals surface area (Å²) in [5.74, 6) is 1.74. The fraction of sp³-hybridized carbons (Fsp3) is 0.714. The van der Waals surface area contributed by atoms with Gasteiger partial charge in [-0.3, -0.25) is 0 Å². The van der Waals surface area contributed by atoms with Crippen molar-refractivity contribution in [3.05, 3.63) is 23.3 Å². The highest BCUT2D eigenvalue weighted by molar-refractivity contribution is 5.21. The maximum atomic E-state index is 4.63. The van der Waals surface area contributed by atoms with Gasteiger partial charge in [0.1, 0.15) is 5.82 Å². The molecule has 94 valence electrons. The molecule has 17 heavy (non-hydrogen) atoms. The van der Waals surface area contributed by atoms with Gasteiger partial charge < -0.3 is 5.32 Å². The molecule has 3 heteroatoms. The predicted octanol–water partition coefficient (Wildman–Crippen LogP) is 2.14. The largest absolute Gasteiger partial charge is 0.314 e. The number of aryl methyl sites for hydroxylation is 2. The Labute approximate surface area is 104 Å². The van der Waals surface area contributed by atoms with Gasteiger partial charge in [-0.15, -0.1) is 0 Å². The van der Waals surface area contributed by atoms with Gasteiger partial charge in [-0.25, -0.2) is 9.97 Å². The second-order valence-corrected chi connectivity index (χ2v) is 5.28. The Bertz CT molecular complexity index is 374. The molecule has 0 saturated heterocycles. The molecule has 0 aromatic carbocycles. The molecule has 0 amide bonds. The smallest absolute Gasteiger partial charge is 0.128 e. The van der Waals surface area contributed by atoms with E-state index in [0.29, 0.717) is 6.04 Å². The molecule has 1 N–H and O–H groups in total. The molecule has 0 aliphatic heterocycles. The molecule has 0 spiro atoms. The number of hydrogen-bond acceptors (Lipinski definition) is 3. The van der Waals surface area contributed by atoms with Crippen LogP contribution < -0.4 is 5.32 Å². The van der Waals surface area contributed by atoms with E-state index in [-0.39, 0.29) is 0 Å². The molecule has 1 atom stereocenters. The second-order valence-electron chi connectivity index (χ2n) is 5.28. The van der Waals surface area contributed by atoms with E-state index in [9.17, 15) is 0 Å². The zero-order valence-electron chi connectivity index (χ0n) is 11.2. The highest BCUT2D eigenvalue weighted by Gasteiger charge is 2.20. The molecule has 1 unspecified atom stereocenters. The maximum Gasteiger partial charge on any atom is 0.128 e. The Morgan fingerprint density at radius 1 is 1.47 bits per heavy atom. The number of fused-ring (bicyclic) bond motifs is 1. The van der Waals surface area contributed by atoms with E-state index < -0.39 is 0 Å². The summed E-state index contributed by atoms with van der Waals surface area (Å²) >= 11 is 0. The van der Waals surface area contributed by atoms with Crippen molar-refractivity contribution in [2.24, 2.45) is 5.92 Å². The van der Waals surface area contributed by atoms with Crippen LogP contribution in [-0.2, 0) is 19.3 Å². The van der Waals surface area contributed by atoms with E-state index in [1.807, 2.05) is 6.20 Å². The average molecular weight is 233 g/mol. The lowest BCUT2D eigenvalue weighted by molar-refractivity contribution is 0.402. The molecule has 0 radical (unpaired) electrons. The van der Waals surface area contributed by atoms with Crippen LogP contribution in [0.25, 0.3) is 0 Å². The molecule has 3 nitrogen and oxygen atoms in total. The fourth-order valence-corrected chi connectivity index (χ4v) is 2.37. The highest BCUT2D eigenvalue weighted by atomic mass is 14.9. The zero-order chi connectivity index (χ0) is 12.3. The lowest BCUT2D eigenvalue weighted by atomic mass is 9.87. The van der Waals surface area contributed by atoms with Crippen LogP contribution in [-0.4, -0.2) is 22.6 Å². The van der Waals surface area contributed by atoms with Crippen molar-refractivity contribution in [1.82, 2.24) is 15.3 Å². The van der Waals surface area contributed by atoms with Gasteiger partial charge in [0.05, 0.1) is 0 Å². The van der Waals surface area contributed by atoms with Crippen molar-refractivity contribution < 1.29 is 0 Å². The average Bonchev–Trinajstić information content (AvgIpc) is 2.35. The summed E-state index contributed by atoms with van der Waals surface area (Å²) in [6, 6.07) is 0.579. The third kappa shape index (κ3) is 3.25. The monoisotopic (exact) mass is 233 g/mol. The van der Waals surface area contributed by atoms with Gasteiger partial charge >= 0.3 is 0 Å². The van der Waals surface area contributed by atoms with Crippen molar-refractivity contribution in [3.63, 3.8) is 0 Å². The third-order valence-electron chi connectivity index (χ3n) is 3.43. The molecule has 1 aromatic heterocycles. The summed E-state index contributed by atoms with van der Waals surface area (Å²) in [4.78, 5) is 9.04. The van der Waals surface area contributed by atoms with Crippen LogP contribution in [0.1, 0.15) is 44.3 Å². The number of nitrogens with zero attached hydrogens (tertiary/aromatic N) is 2. The lowest BCUT2D eigenvalue weighted by Crippen LogP contribution is -2.32. The first-order valence-electron chi connectivity index (χ1n) is 6.76. The summed E-state index contributed by atoms with van der Waals surface area (Å²) in [6.07, 6.45) is 6.50. The molecule has 0 bridgehead atoms. The minimum Gasteiger partial charge on any atom is -0.314 e. The quantitative estimate of drug-likeness (QED) is 0.866. The molecule has 1 aromatic rings. The second kappa shape index (κ2) is 5.58. The van der Waals surface area contributed by atoms with Gasteiger partial charge in [0, 0.05) is 24.4 Å². The van der Waals surface area contributed by atoms with E-state index in [2.05, 4.69) is 36.1 Å². The van der Waals surface area contributed by atoms with Crippen LogP contribution in [0.3, 0.4) is 0 Å². The summed E-state index contributed by atoms with van der Waals surface area (Å²) in [5, 5.41) is 3.53. The van der Waals surface area contributed by atoms with Crippen LogP contribution in [0.2, 0.25) is 0 Å². The number of aromatic nitrogens is 2. The number of nitrogens with one attached hydrogen (secondary N) is 1. The first-order chi connectivity index (χ1) is 8.19. The highest BCUT2D eigenvalue weighted by Crippen LogP contribution is 2.23. The topological polar surface area (TPSA) is 37.8 Å². The Morgan fingerprint density at radius 2 is 2.29 bits per heavy atom. The van der Waals surface area contributed by atoms with Crippen LogP contribution in [0.5, 0.6) is 0 Å². The van der Waals surface area contributed by atoms with Crippen molar-refractivity contribution in [3.8, 4) is 0 Å². The molecule has 1 heterocycles. The predicted molar refractivity (Wildman–Crippen MR) is 70.1 cm³/mol. The normalized spacial score (nSPS) is 19.4. The van der Waals surface area contributed by atoms with Gasteiger partial charge in [0.15, 0.2) is 0 Å². The van der Waals surface area contributed by atoms with Gasteiger partial charge in [-0.1, -0.05) is 20.8 Å². The lowest BCUT2D eigenvalue weighted by Gasteiger charge is -2.25. The molecule has 0 saturated carbocycles. The summed E-state index contributed by atoms with van der Waals surface area (Å²) in [5.41, 5.74) is 2.65. The molecular formula is C14H23N3. The molecule has 0 fully saturated rings. The molecule has 2 rings (SSSR count). The standard InChI is InChI=1S/C14H23N3/c1-4-14-16-9-12-7-11(8-15-10(2)3)5-6-13(12)17-14/h9-11,15H,4-8H2,1-3H3. The van der Waals surface area contributed by atoms with Crippen LogP contribution in [0, 0.1) is 5.92 Å². The van der Waals surface area contributed by atoms with E-state index in [1.165, 1.54) is 17.7 Å². The van der Waals surface area contributed by atoms with E-state index in [1.54, 1.807) is 0 Å². The van der Waals surface area contributed by atoms with Crippen molar-refractivity contribution in [2.45, 2.75) is 52.5 Å². The summed E-state index contributed by atoms with van der Waals surface area (Å²) in [7, 11) is 0. The first-order valence-corrected chi connectivity index (χ1v) is 6.76. The molecular weight excluding hydrogens is 210 g/mol. The Kier molecular flexibility index (Phi) is 4.11. The summed E-state index contributed by atoms with van der Waals surface area (Å²) in [6.45, 7) is 7.63. The zero-order valence-corrected chi connectivity index (χ0v) is 11.2. The SMILES string of the molecule is CCc1ncc2c(n1)CCC(CNC(C)C)C2. The Hall–Kier alpha value is -0.960. The van der Waals surface area contributed by atoms with Crippen LogP contribution in [0.15, 0.2) is 6.20 Å². The molecule has 1 aliphatic rings. The van der Waals surface area contributed by atoms with Gasteiger partial charge in [0.25, 0.3) is 0 Å². The Balaban J connectivity index is 1.99. The summed E-state index contributed by atoms with van der Waals surface area (Å²) < 4.78 is 0. The molecule has 1 aliphatic carbocycles. The first kappa shape index (κ1) is 12.5. The van der Waals surface area contributed by atoms with Crippen LogP contribution >= 0.6 is 0 Å². The van der Waals surface area contributed by atoms with Crippen molar-refractivity contribution in [2.75, 3.05) is 6.54 Å². The Morgan fingerprint density at radius 3 is 3.00 bits per heavy atom. The maximum absolute atomic E-state index is 4.63. The van der Waals surface area contributed by atoms with Gasteiger partial charge in [-0.05, 0) is 37.3 Å². The van der Waals surface area contributed by atoms with Crippen molar-refractivity contribution in [1.29, 1.82) is 0 Å². The minimum atomic E-state index is 0.579. The van der Waals surface area contributed by atoms with E-state index in [4.69, 9.17) is 0 Å². The minimum absolute atomic E-state index is 0.579. The van der Waals surface area contributed by atoms with Gasteiger partial charge in [-0.2, -0.15) is 0 Å². The number of rotatable bonds is 4. The van der Waals surface area contributed by atoms with Crippen molar-refractivity contribution >= 4 is 0 Å². The number of hydrogen-bond donors (Lipinski definition) is 1. The van der Waals surface area contributed by atoms with E-state index in [0.717, 1.165) is 37.5 Å². The van der Waals surface area contributed by atoms with Crippen LogP contribution in [0.4, 0.5) is 0 Å². The fourth-order valence-electron chi connectivity index (χ4n) is 2.37.